The average Bonchev–Trinajstić information content (AvgIpc) is 3.30. The summed E-state index contributed by atoms with van der Waals surface area (Å²) < 4.78 is 16.6. The molecule has 1 aliphatic heterocycles. The van der Waals surface area contributed by atoms with Crippen LogP contribution in [0.3, 0.4) is 0 Å². The fraction of sp³-hybridized carbons (Fsp3) is 0.643. The van der Waals surface area contributed by atoms with E-state index in [0.717, 1.165) is 41.5 Å². The van der Waals surface area contributed by atoms with Crippen LogP contribution in [0.1, 0.15) is 55.1 Å². The third-order valence-electron chi connectivity index (χ3n) is 8.74. The Morgan fingerprint density at radius 2 is 1.97 bits per heavy atom. The van der Waals surface area contributed by atoms with Crippen molar-refractivity contribution in [2.45, 2.75) is 58.7 Å². The molecule has 2 heterocycles. The first kappa shape index (κ1) is 25.5. The molecule has 0 radical (unpaired) electrons. The first-order valence-corrected chi connectivity index (χ1v) is 13.9. The predicted octanol–water partition coefficient (Wildman–Crippen LogP) is 4.28. The van der Waals surface area contributed by atoms with Gasteiger partial charge in [-0.25, -0.2) is 4.98 Å². The van der Waals surface area contributed by atoms with Crippen molar-refractivity contribution < 1.29 is 24.1 Å². The average molecular weight is 515 g/mol. The van der Waals surface area contributed by atoms with E-state index < -0.39 is 6.10 Å². The highest BCUT2D eigenvalue weighted by Gasteiger charge is 2.54. The Bertz CT molecular complexity index is 1070. The molecule has 7 nitrogen and oxygen atoms in total. The predicted molar refractivity (Wildman–Crippen MR) is 138 cm³/mol. The van der Waals surface area contributed by atoms with Crippen LogP contribution in [0.25, 0.3) is 0 Å². The highest BCUT2D eigenvalue weighted by molar-refractivity contribution is 7.11. The molecule has 1 saturated carbocycles. The molecule has 8 heteroatoms. The Balaban J connectivity index is 1.30. The Labute approximate surface area is 217 Å². The number of thiazole rings is 1. The number of carbonyl (C=O) groups is 1. The number of hydrogen-bond acceptors (Lipinski definition) is 7. The van der Waals surface area contributed by atoms with Crippen LogP contribution >= 0.6 is 11.3 Å². The van der Waals surface area contributed by atoms with Crippen molar-refractivity contribution >= 4 is 17.2 Å². The second kappa shape index (κ2) is 10.3. The van der Waals surface area contributed by atoms with E-state index >= 15 is 0 Å². The van der Waals surface area contributed by atoms with Crippen molar-refractivity contribution in [1.29, 1.82) is 0 Å². The van der Waals surface area contributed by atoms with Crippen molar-refractivity contribution in [3.63, 3.8) is 0 Å². The molecule has 2 fully saturated rings. The number of ether oxygens (including phenoxy) is 3. The summed E-state index contributed by atoms with van der Waals surface area (Å²) >= 11 is 1.74. The van der Waals surface area contributed by atoms with Gasteiger partial charge >= 0.3 is 0 Å². The zero-order valence-corrected chi connectivity index (χ0v) is 22.6. The van der Waals surface area contributed by atoms with Crippen LogP contribution in [-0.4, -0.2) is 60.4 Å². The van der Waals surface area contributed by atoms with E-state index in [0.29, 0.717) is 32.9 Å². The number of hydrogen-bond donors (Lipinski definition) is 1. The monoisotopic (exact) mass is 514 g/mol. The zero-order valence-electron chi connectivity index (χ0n) is 21.7. The maximum Gasteiger partial charge on any atom is 0.225 e. The standard InChI is InChI=1S/C28H38N2O5S/c1-17(27(32)30-11-13-34-14-12-30)21-9-10-28(3)15-22-25(18(2)24(28)26(21)31)29-23(36-22)16-35-20-7-5-19(33-4)6-8-20/h5-8,17-18,21,24,26,31H,9-16H2,1-4H3/t17-,18-,21-,24+,26-,28-/m0/s1. The number of rotatable bonds is 6. The molecular formula is C28H38N2O5S. The number of nitrogens with zero attached hydrogens (tertiary/aromatic N) is 2. The number of carbonyl (C=O) groups excluding carboxylic acids is 1. The van der Waals surface area contributed by atoms with Gasteiger partial charge in [-0.1, -0.05) is 20.8 Å². The number of amides is 1. The van der Waals surface area contributed by atoms with Crippen molar-refractivity contribution in [1.82, 2.24) is 9.88 Å². The largest absolute Gasteiger partial charge is 0.497 e. The van der Waals surface area contributed by atoms with Gasteiger partial charge in [-0.15, -0.1) is 11.3 Å². The van der Waals surface area contributed by atoms with Gasteiger partial charge < -0.3 is 24.2 Å². The van der Waals surface area contributed by atoms with E-state index in [-0.39, 0.29) is 35.0 Å². The van der Waals surface area contributed by atoms with E-state index in [9.17, 15) is 9.90 Å². The van der Waals surface area contributed by atoms with E-state index in [1.54, 1.807) is 18.4 Å². The number of aliphatic hydroxyl groups is 1. The lowest BCUT2D eigenvalue weighted by Gasteiger charge is -2.53. The summed E-state index contributed by atoms with van der Waals surface area (Å²) in [4.78, 5) is 21.4. The van der Waals surface area contributed by atoms with Crippen LogP contribution in [0.4, 0.5) is 0 Å². The number of aromatic nitrogens is 1. The fourth-order valence-electron chi connectivity index (χ4n) is 6.73. The molecule has 2 aliphatic carbocycles. The molecule has 1 amide bonds. The molecule has 1 saturated heterocycles. The summed E-state index contributed by atoms with van der Waals surface area (Å²) in [6.07, 6.45) is 2.29. The van der Waals surface area contributed by atoms with E-state index in [1.165, 1.54) is 4.88 Å². The van der Waals surface area contributed by atoms with Crippen molar-refractivity contribution in [2.24, 2.45) is 23.2 Å². The summed E-state index contributed by atoms with van der Waals surface area (Å²) in [5.41, 5.74) is 1.10. The maximum absolute atomic E-state index is 13.2. The second-order valence-corrected chi connectivity index (χ2v) is 12.1. The van der Waals surface area contributed by atoms with Gasteiger partial charge in [0.05, 0.1) is 32.1 Å². The summed E-state index contributed by atoms with van der Waals surface area (Å²) in [6, 6.07) is 7.58. The summed E-state index contributed by atoms with van der Waals surface area (Å²) in [7, 11) is 1.65. The quantitative estimate of drug-likeness (QED) is 0.620. The van der Waals surface area contributed by atoms with E-state index in [1.807, 2.05) is 36.1 Å². The van der Waals surface area contributed by atoms with E-state index in [2.05, 4.69) is 13.8 Å². The van der Waals surface area contributed by atoms with Gasteiger partial charge in [0.1, 0.15) is 23.1 Å². The van der Waals surface area contributed by atoms with Crippen molar-refractivity contribution in [2.75, 3.05) is 33.4 Å². The number of benzene rings is 1. The summed E-state index contributed by atoms with van der Waals surface area (Å²) in [6.45, 7) is 9.44. The van der Waals surface area contributed by atoms with Crippen LogP contribution in [0.5, 0.6) is 11.5 Å². The fourth-order valence-corrected chi connectivity index (χ4v) is 8.01. The molecule has 2 aromatic rings. The molecule has 6 atom stereocenters. The third kappa shape index (κ3) is 4.75. The second-order valence-electron chi connectivity index (χ2n) is 10.9. The molecule has 1 N–H and O–H groups in total. The molecule has 196 valence electrons. The Kier molecular flexibility index (Phi) is 7.30. The minimum Gasteiger partial charge on any atom is -0.497 e. The Morgan fingerprint density at radius 1 is 1.28 bits per heavy atom. The lowest BCUT2D eigenvalue weighted by molar-refractivity contribution is -0.148. The highest BCUT2D eigenvalue weighted by Crippen LogP contribution is 2.57. The number of fused-ring (bicyclic) bond motifs is 2. The van der Waals surface area contributed by atoms with Crippen molar-refractivity contribution in [3.05, 3.63) is 39.8 Å². The minimum absolute atomic E-state index is 0.00467. The molecule has 0 spiro atoms. The SMILES string of the molecule is COc1ccc(OCc2nc3c(s2)C[C@]2(C)CC[C@@H]([C@H](C)C(=O)N4CCOCC4)[C@H](O)[C@H]2[C@@H]3C)cc1. The van der Waals surface area contributed by atoms with Crippen LogP contribution in [0.2, 0.25) is 0 Å². The molecule has 5 rings (SSSR count). The van der Waals surface area contributed by atoms with Gasteiger partial charge in [0.25, 0.3) is 0 Å². The van der Waals surface area contributed by atoms with Crippen LogP contribution in [-0.2, 0) is 22.6 Å². The summed E-state index contributed by atoms with van der Waals surface area (Å²) in [5.74, 6) is 1.74. The molecule has 1 aromatic heterocycles. The first-order chi connectivity index (χ1) is 17.3. The van der Waals surface area contributed by atoms with Gasteiger partial charge in [-0.05, 0) is 60.8 Å². The molecule has 0 bridgehead atoms. The Morgan fingerprint density at radius 3 is 2.67 bits per heavy atom. The molecule has 1 aromatic carbocycles. The smallest absolute Gasteiger partial charge is 0.225 e. The number of aliphatic hydroxyl groups excluding tert-OH is 1. The lowest BCUT2D eigenvalue weighted by atomic mass is 9.53. The van der Waals surface area contributed by atoms with Gasteiger partial charge in [0, 0.05) is 29.8 Å². The first-order valence-electron chi connectivity index (χ1n) is 13.1. The Hall–Kier alpha value is -2.16. The number of morpholine rings is 1. The van der Waals surface area contributed by atoms with Crippen LogP contribution in [0, 0.1) is 23.2 Å². The molecular weight excluding hydrogens is 476 g/mol. The zero-order chi connectivity index (χ0) is 25.4. The molecule has 3 aliphatic rings. The van der Waals surface area contributed by atoms with E-state index in [4.69, 9.17) is 19.2 Å². The number of methoxy groups -OCH3 is 1. The topological polar surface area (TPSA) is 81.1 Å². The van der Waals surface area contributed by atoms with Crippen molar-refractivity contribution in [3.8, 4) is 11.5 Å². The third-order valence-corrected chi connectivity index (χ3v) is 9.79. The van der Waals surface area contributed by atoms with Crippen LogP contribution < -0.4 is 9.47 Å². The normalized spacial score (nSPS) is 30.8. The van der Waals surface area contributed by atoms with Gasteiger partial charge in [-0.2, -0.15) is 0 Å². The van der Waals surface area contributed by atoms with Gasteiger partial charge in [0.15, 0.2) is 0 Å². The van der Waals surface area contributed by atoms with Gasteiger partial charge in [0.2, 0.25) is 5.91 Å². The van der Waals surface area contributed by atoms with Crippen LogP contribution in [0.15, 0.2) is 24.3 Å². The maximum atomic E-state index is 13.2. The minimum atomic E-state index is -0.521. The lowest BCUT2D eigenvalue weighted by Crippen LogP contribution is -2.54. The molecule has 0 unspecified atom stereocenters. The van der Waals surface area contributed by atoms with Gasteiger partial charge in [-0.3, -0.25) is 4.79 Å². The molecule has 36 heavy (non-hydrogen) atoms. The highest BCUT2D eigenvalue weighted by atomic mass is 32.1. The summed E-state index contributed by atoms with van der Waals surface area (Å²) in [5, 5.41) is 12.7.